The van der Waals surface area contributed by atoms with E-state index in [2.05, 4.69) is 39.5 Å². The molecule has 5 heteroatoms. The molecule has 1 saturated carbocycles. The molecule has 0 radical (unpaired) electrons. The molecule has 1 heterocycles. The van der Waals surface area contributed by atoms with Crippen LogP contribution < -0.4 is 5.32 Å². The van der Waals surface area contributed by atoms with Crippen LogP contribution in [0.25, 0.3) is 0 Å². The van der Waals surface area contributed by atoms with Crippen molar-refractivity contribution >= 4 is 29.9 Å². The summed E-state index contributed by atoms with van der Waals surface area (Å²) in [6, 6.07) is 11.0. The van der Waals surface area contributed by atoms with E-state index in [0.717, 1.165) is 25.7 Å². The first-order chi connectivity index (χ1) is 10.3. The fourth-order valence-corrected chi connectivity index (χ4v) is 2.79. The van der Waals surface area contributed by atoms with Gasteiger partial charge in [0.2, 0.25) is 0 Å². The second kappa shape index (κ2) is 8.72. The molecule has 1 N–H and O–H groups in total. The fourth-order valence-electron chi connectivity index (χ4n) is 2.79. The predicted molar refractivity (Wildman–Crippen MR) is 101 cm³/mol. The summed E-state index contributed by atoms with van der Waals surface area (Å²) in [4.78, 5) is 6.77. The molecule has 0 amide bonds. The van der Waals surface area contributed by atoms with Crippen molar-refractivity contribution in [3.05, 3.63) is 35.9 Å². The Morgan fingerprint density at radius 3 is 2.73 bits per heavy atom. The Morgan fingerprint density at radius 1 is 1.27 bits per heavy atom. The number of aliphatic imine (C=N–C) groups is 1. The summed E-state index contributed by atoms with van der Waals surface area (Å²) in [5.74, 6) is 1.69. The molecule has 0 bridgehead atoms. The van der Waals surface area contributed by atoms with Crippen LogP contribution in [0.15, 0.2) is 35.3 Å². The third kappa shape index (κ3) is 5.12. The van der Waals surface area contributed by atoms with Gasteiger partial charge in [0.1, 0.15) is 0 Å². The maximum absolute atomic E-state index is 5.87. The maximum atomic E-state index is 5.87. The number of halogens is 1. The smallest absolute Gasteiger partial charge is 0.193 e. The normalized spacial score (nSPS) is 21.6. The minimum absolute atomic E-state index is 0. The Balaban J connectivity index is 0.00000176. The van der Waals surface area contributed by atoms with Crippen LogP contribution in [0.3, 0.4) is 0 Å². The zero-order chi connectivity index (χ0) is 14.5. The van der Waals surface area contributed by atoms with Gasteiger partial charge < -0.3 is 15.0 Å². The van der Waals surface area contributed by atoms with Gasteiger partial charge in [0.05, 0.1) is 13.2 Å². The van der Waals surface area contributed by atoms with E-state index < -0.39 is 0 Å². The minimum Gasteiger partial charge on any atom is -0.376 e. The van der Waals surface area contributed by atoms with Crippen LogP contribution in [0.2, 0.25) is 0 Å². The summed E-state index contributed by atoms with van der Waals surface area (Å²) < 4.78 is 5.87. The molecule has 0 aromatic heterocycles. The van der Waals surface area contributed by atoms with E-state index >= 15 is 0 Å². The molecule has 2 aliphatic rings. The lowest BCUT2D eigenvalue weighted by Gasteiger charge is -2.21. The van der Waals surface area contributed by atoms with E-state index in [1.54, 1.807) is 0 Å². The number of likely N-dealkylation sites (tertiary alicyclic amines) is 1. The Morgan fingerprint density at radius 2 is 2.05 bits per heavy atom. The van der Waals surface area contributed by atoms with Crippen molar-refractivity contribution < 1.29 is 4.74 Å². The number of nitrogens with one attached hydrogen (secondary N) is 1. The van der Waals surface area contributed by atoms with E-state index in [0.29, 0.717) is 18.6 Å². The van der Waals surface area contributed by atoms with E-state index in [4.69, 9.17) is 4.74 Å². The maximum Gasteiger partial charge on any atom is 0.193 e. The second-order valence-corrected chi connectivity index (χ2v) is 6.07. The third-order valence-electron chi connectivity index (χ3n) is 4.17. The lowest BCUT2D eigenvalue weighted by atomic mass is 10.1. The van der Waals surface area contributed by atoms with E-state index in [9.17, 15) is 0 Å². The molecule has 2 fully saturated rings. The van der Waals surface area contributed by atoms with Gasteiger partial charge in [-0.1, -0.05) is 30.3 Å². The molecule has 3 rings (SSSR count). The average molecular weight is 415 g/mol. The van der Waals surface area contributed by atoms with Gasteiger partial charge >= 0.3 is 0 Å². The topological polar surface area (TPSA) is 36.9 Å². The lowest BCUT2D eigenvalue weighted by molar-refractivity contribution is 0.0906. The van der Waals surface area contributed by atoms with Crippen molar-refractivity contribution in [2.75, 3.05) is 26.7 Å². The van der Waals surface area contributed by atoms with Crippen LogP contribution in [0, 0.1) is 5.92 Å². The van der Waals surface area contributed by atoms with Crippen LogP contribution >= 0.6 is 24.0 Å². The summed E-state index contributed by atoms with van der Waals surface area (Å²) in [5, 5.41) is 3.52. The number of rotatable bonds is 5. The van der Waals surface area contributed by atoms with E-state index in [1.807, 2.05) is 13.1 Å². The highest BCUT2D eigenvalue weighted by Crippen LogP contribution is 2.21. The molecule has 22 heavy (non-hydrogen) atoms. The Labute approximate surface area is 150 Å². The number of hydrogen-bond donors (Lipinski definition) is 1. The highest BCUT2D eigenvalue weighted by atomic mass is 127. The Hall–Kier alpha value is -0.820. The zero-order valence-corrected chi connectivity index (χ0v) is 15.5. The van der Waals surface area contributed by atoms with Gasteiger partial charge in [-0.15, -0.1) is 24.0 Å². The van der Waals surface area contributed by atoms with Gasteiger partial charge in [0.25, 0.3) is 0 Å². The first kappa shape index (κ1) is 17.5. The van der Waals surface area contributed by atoms with Crippen LogP contribution in [-0.2, 0) is 11.3 Å². The molecule has 1 atom stereocenters. The fraction of sp³-hybridized carbons (Fsp3) is 0.588. The minimum atomic E-state index is 0. The number of ether oxygens (including phenoxy) is 1. The van der Waals surface area contributed by atoms with Crippen molar-refractivity contribution in [3.63, 3.8) is 0 Å². The van der Waals surface area contributed by atoms with Crippen molar-refractivity contribution in [1.82, 2.24) is 10.2 Å². The SMILES string of the molecule is CN=C(NC1CC1)N1CCC(COCc2ccccc2)C1.I. The van der Waals surface area contributed by atoms with E-state index in [1.165, 1.54) is 24.8 Å². The molecule has 1 unspecified atom stereocenters. The summed E-state index contributed by atoms with van der Waals surface area (Å²) >= 11 is 0. The van der Waals surface area contributed by atoms with Gasteiger partial charge in [0, 0.05) is 32.1 Å². The first-order valence-electron chi connectivity index (χ1n) is 7.95. The van der Waals surface area contributed by atoms with E-state index in [-0.39, 0.29) is 24.0 Å². The predicted octanol–water partition coefficient (Wildman–Crippen LogP) is 2.88. The molecule has 1 aliphatic carbocycles. The molecule has 4 nitrogen and oxygen atoms in total. The van der Waals surface area contributed by atoms with Crippen LogP contribution in [0.4, 0.5) is 0 Å². The largest absolute Gasteiger partial charge is 0.376 e. The number of hydrogen-bond acceptors (Lipinski definition) is 2. The van der Waals surface area contributed by atoms with Gasteiger partial charge in [-0.2, -0.15) is 0 Å². The molecule has 1 aromatic rings. The van der Waals surface area contributed by atoms with Crippen molar-refractivity contribution in [2.24, 2.45) is 10.9 Å². The Bertz CT molecular complexity index is 476. The van der Waals surface area contributed by atoms with Gasteiger partial charge in [-0.3, -0.25) is 4.99 Å². The number of nitrogens with zero attached hydrogens (tertiary/aromatic N) is 2. The van der Waals surface area contributed by atoms with Crippen molar-refractivity contribution in [3.8, 4) is 0 Å². The molecular weight excluding hydrogens is 389 g/mol. The number of benzene rings is 1. The zero-order valence-electron chi connectivity index (χ0n) is 13.2. The standard InChI is InChI=1S/C17H25N3O.HI/c1-18-17(19-16-7-8-16)20-10-9-15(11-20)13-21-12-14-5-3-2-4-6-14;/h2-6,15-16H,7-13H2,1H3,(H,18,19);1H. The van der Waals surface area contributed by atoms with Crippen LogP contribution in [0.5, 0.6) is 0 Å². The summed E-state index contributed by atoms with van der Waals surface area (Å²) in [5.41, 5.74) is 1.25. The molecule has 1 saturated heterocycles. The molecule has 0 spiro atoms. The summed E-state index contributed by atoms with van der Waals surface area (Å²) in [7, 11) is 1.88. The average Bonchev–Trinajstić information content (AvgIpc) is 3.23. The lowest BCUT2D eigenvalue weighted by Crippen LogP contribution is -2.41. The first-order valence-corrected chi connectivity index (χ1v) is 7.95. The van der Waals surface area contributed by atoms with Gasteiger partial charge in [-0.25, -0.2) is 0 Å². The quantitative estimate of drug-likeness (QED) is 0.457. The molecular formula is C17H26IN3O. The van der Waals surface area contributed by atoms with Gasteiger partial charge in [-0.05, 0) is 24.8 Å². The molecule has 122 valence electrons. The highest BCUT2D eigenvalue weighted by molar-refractivity contribution is 14.0. The van der Waals surface area contributed by atoms with Gasteiger partial charge in [0.15, 0.2) is 5.96 Å². The third-order valence-corrected chi connectivity index (χ3v) is 4.17. The monoisotopic (exact) mass is 415 g/mol. The second-order valence-electron chi connectivity index (χ2n) is 6.07. The van der Waals surface area contributed by atoms with Crippen molar-refractivity contribution in [2.45, 2.75) is 31.9 Å². The molecule has 1 aliphatic heterocycles. The highest BCUT2D eigenvalue weighted by Gasteiger charge is 2.29. The van der Waals surface area contributed by atoms with Crippen molar-refractivity contribution in [1.29, 1.82) is 0 Å². The van der Waals surface area contributed by atoms with Crippen LogP contribution in [0.1, 0.15) is 24.8 Å². The summed E-state index contributed by atoms with van der Waals surface area (Å²) in [6.07, 6.45) is 3.77. The summed E-state index contributed by atoms with van der Waals surface area (Å²) in [6.45, 7) is 3.70. The van der Waals surface area contributed by atoms with Crippen LogP contribution in [-0.4, -0.2) is 43.6 Å². The number of guanidine groups is 1. The Kier molecular flexibility index (Phi) is 6.95. The molecule has 1 aromatic carbocycles.